The fourth-order valence-corrected chi connectivity index (χ4v) is 9.93. The van der Waals surface area contributed by atoms with E-state index in [0.717, 1.165) is 53.6 Å². The van der Waals surface area contributed by atoms with Gasteiger partial charge in [0, 0.05) is 18.8 Å². The summed E-state index contributed by atoms with van der Waals surface area (Å²) in [6, 6.07) is 45.5. The Kier molecular flexibility index (Phi) is 15.6. The van der Waals surface area contributed by atoms with E-state index in [0.29, 0.717) is 35.9 Å². The molecule has 362 valence electrons. The Bertz CT molecular complexity index is 2440. The van der Waals surface area contributed by atoms with Gasteiger partial charge in [0.2, 0.25) is 0 Å². The number of benzene rings is 6. The Labute approximate surface area is 413 Å². The van der Waals surface area contributed by atoms with Gasteiger partial charge in [-0.2, -0.15) is 0 Å². The zero-order chi connectivity index (χ0) is 50.0. The van der Waals surface area contributed by atoms with E-state index in [1.807, 2.05) is 0 Å². The third-order valence-corrected chi connectivity index (χ3v) is 13.5. The summed E-state index contributed by atoms with van der Waals surface area (Å²) >= 11 is 0. The average Bonchev–Trinajstić information content (AvgIpc) is 3.22. The monoisotopic (exact) mass is 912 g/mol. The van der Waals surface area contributed by atoms with E-state index in [1.54, 1.807) is 0 Å². The summed E-state index contributed by atoms with van der Waals surface area (Å²) in [6.07, 6.45) is 5.11. The predicted octanol–water partition coefficient (Wildman–Crippen LogP) is 16.9. The second-order valence-electron chi connectivity index (χ2n) is 25.7. The maximum absolute atomic E-state index is 11.6. The van der Waals surface area contributed by atoms with Crippen molar-refractivity contribution in [2.45, 2.75) is 178 Å². The van der Waals surface area contributed by atoms with Crippen LogP contribution in [0.15, 0.2) is 121 Å². The third kappa shape index (κ3) is 14.1. The van der Waals surface area contributed by atoms with Gasteiger partial charge >= 0.3 is 0 Å². The number of hydrogen-bond acceptors (Lipinski definition) is 3. The van der Waals surface area contributed by atoms with Crippen LogP contribution < -0.4 is 4.90 Å². The lowest BCUT2D eigenvalue weighted by Gasteiger charge is -2.32. The van der Waals surface area contributed by atoms with Crippen LogP contribution >= 0.6 is 0 Å². The van der Waals surface area contributed by atoms with Crippen LogP contribution in [-0.2, 0) is 60.4 Å². The Morgan fingerprint density at radius 1 is 0.368 bits per heavy atom. The maximum Gasteiger partial charge on any atom is 0.123 e. The summed E-state index contributed by atoms with van der Waals surface area (Å²) < 4.78 is 0. The molecule has 68 heavy (non-hydrogen) atoms. The van der Waals surface area contributed by atoms with Crippen molar-refractivity contribution in [1.29, 1.82) is 0 Å². The minimum Gasteiger partial charge on any atom is -0.507 e. The highest BCUT2D eigenvalue weighted by molar-refractivity contribution is 5.55. The SMILES string of the molecule is CC(Cc1ccc(Cc2ccc(Cc3ccc(Cc4ccc(N(Cc5cc(C(C)(C)C)c(O)c(C(C)(C)C)c5)Cc5cc(C(C)(C)C)c(O)c(C(C)(C)C)c5)cc4)cc3)cc2)cc1)CC(C)(C)C. The van der Waals surface area contributed by atoms with Gasteiger partial charge in [-0.1, -0.05) is 196 Å². The van der Waals surface area contributed by atoms with Gasteiger partial charge in [0.1, 0.15) is 11.5 Å². The number of nitrogens with zero attached hydrogens (tertiary/aromatic N) is 1. The molecule has 6 aromatic carbocycles. The lowest BCUT2D eigenvalue weighted by molar-refractivity contribution is 0.306. The summed E-state index contributed by atoms with van der Waals surface area (Å²) in [5.74, 6) is 1.49. The second-order valence-corrected chi connectivity index (χ2v) is 25.7. The van der Waals surface area contributed by atoms with Gasteiger partial charge < -0.3 is 15.1 Å². The summed E-state index contributed by atoms with van der Waals surface area (Å²) in [5, 5.41) is 23.2. The van der Waals surface area contributed by atoms with Crippen LogP contribution in [0.25, 0.3) is 0 Å². The Morgan fingerprint density at radius 3 is 0.868 bits per heavy atom. The van der Waals surface area contributed by atoms with Gasteiger partial charge in [-0.15, -0.1) is 0 Å². The van der Waals surface area contributed by atoms with Crippen LogP contribution in [0, 0.1) is 11.3 Å². The fourth-order valence-electron chi connectivity index (χ4n) is 9.93. The van der Waals surface area contributed by atoms with Crippen LogP contribution in [-0.4, -0.2) is 10.2 Å². The van der Waals surface area contributed by atoms with Crippen molar-refractivity contribution in [2.75, 3.05) is 4.90 Å². The Balaban J connectivity index is 1.18. The number of hydrogen-bond donors (Lipinski definition) is 2. The van der Waals surface area contributed by atoms with Crippen molar-refractivity contribution >= 4 is 5.69 Å². The van der Waals surface area contributed by atoms with Gasteiger partial charge in [-0.3, -0.25) is 0 Å². The fraction of sp³-hybridized carbons (Fsp3) is 0.446. The van der Waals surface area contributed by atoms with Gasteiger partial charge in [0.05, 0.1) is 0 Å². The smallest absolute Gasteiger partial charge is 0.123 e. The number of phenolic OH excluding ortho intramolecular Hbond substituents is 2. The molecule has 0 saturated heterocycles. The highest BCUT2D eigenvalue weighted by atomic mass is 16.3. The van der Waals surface area contributed by atoms with Gasteiger partial charge in [0.15, 0.2) is 0 Å². The second kappa shape index (κ2) is 20.4. The first-order chi connectivity index (χ1) is 31.5. The van der Waals surface area contributed by atoms with Crippen molar-refractivity contribution in [2.24, 2.45) is 11.3 Å². The number of aromatic hydroxyl groups is 2. The van der Waals surface area contributed by atoms with Gasteiger partial charge in [-0.05, 0) is 174 Å². The zero-order valence-corrected chi connectivity index (χ0v) is 44.9. The normalized spacial score (nSPS) is 13.2. The van der Waals surface area contributed by atoms with E-state index < -0.39 is 0 Å². The van der Waals surface area contributed by atoms with E-state index in [4.69, 9.17) is 0 Å². The molecule has 6 rings (SSSR count). The van der Waals surface area contributed by atoms with Gasteiger partial charge in [-0.25, -0.2) is 0 Å². The van der Waals surface area contributed by atoms with Crippen molar-refractivity contribution in [3.63, 3.8) is 0 Å². The molecule has 0 aromatic heterocycles. The zero-order valence-electron chi connectivity index (χ0n) is 44.9. The molecule has 0 aliphatic rings. The lowest BCUT2D eigenvalue weighted by Crippen LogP contribution is -2.25. The number of phenols is 2. The molecule has 0 aliphatic heterocycles. The van der Waals surface area contributed by atoms with Crippen molar-refractivity contribution in [3.05, 3.63) is 194 Å². The van der Waals surface area contributed by atoms with Crippen molar-refractivity contribution < 1.29 is 10.2 Å². The van der Waals surface area contributed by atoms with Crippen molar-refractivity contribution in [3.8, 4) is 11.5 Å². The maximum atomic E-state index is 11.6. The van der Waals surface area contributed by atoms with E-state index in [-0.39, 0.29) is 21.7 Å². The van der Waals surface area contributed by atoms with E-state index >= 15 is 0 Å². The van der Waals surface area contributed by atoms with E-state index in [1.165, 1.54) is 56.5 Å². The van der Waals surface area contributed by atoms with Crippen molar-refractivity contribution in [1.82, 2.24) is 0 Å². The van der Waals surface area contributed by atoms with Crippen LogP contribution in [0.4, 0.5) is 5.69 Å². The summed E-state index contributed by atoms with van der Waals surface area (Å²) in [7, 11) is 0. The number of anilines is 1. The van der Waals surface area contributed by atoms with E-state index in [9.17, 15) is 10.2 Å². The third-order valence-electron chi connectivity index (χ3n) is 13.5. The molecule has 6 aromatic rings. The number of rotatable bonds is 14. The minimum absolute atomic E-state index is 0.227. The average molecular weight is 912 g/mol. The largest absolute Gasteiger partial charge is 0.507 e. The molecule has 0 heterocycles. The standard InChI is InChI=1S/C65H85NO2/c1-44(41-61(2,3)4)33-45-17-19-46(20-18-45)34-47-21-23-48(24-22-47)35-49-25-27-50(28-26-49)36-51-29-31-54(32-30-51)66(42-52-37-55(62(5,6)7)59(67)56(38-52)63(8,9)10)43-53-39-57(64(11,12)13)60(68)58(40-53)65(14,15)16/h17-32,37-40,44,67-68H,33-36,41-43H2,1-16H3. The molecule has 1 unspecified atom stereocenters. The molecule has 0 aliphatic carbocycles. The van der Waals surface area contributed by atoms with Gasteiger partial charge in [0.25, 0.3) is 0 Å². The van der Waals surface area contributed by atoms with Crippen LogP contribution in [0.3, 0.4) is 0 Å². The molecular weight excluding hydrogens is 827 g/mol. The lowest BCUT2D eigenvalue weighted by atomic mass is 9.78. The Hall–Kier alpha value is -5.28. The predicted molar refractivity (Wildman–Crippen MR) is 292 cm³/mol. The first kappa shape index (κ1) is 52.1. The summed E-state index contributed by atoms with van der Waals surface area (Å²) in [5.41, 5.74) is 16.2. The summed E-state index contributed by atoms with van der Waals surface area (Å²) in [4.78, 5) is 2.45. The first-order valence-corrected chi connectivity index (χ1v) is 25.3. The molecule has 0 bridgehead atoms. The molecular formula is C65H85NO2. The minimum atomic E-state index is -0.227. The first-order valence-electron chi connectivity index (χ1n) is 25.3. The van der Waals surface area contributed by atoms with E-state index in [2.05, 4.69) is 237 Å². The Morgan fingerprint density at radius 2 is 0.618 bits per heavy atom. The highest BCUT2D eigenvalue weighted by Crippen LogP contribution is 2.42. The molecule has 3 nitrogen and oxygen atoms in total. The molecule has 0 spiro atoms. The van der Waals surface area contributed by atoms with Crippen LogP contribution in [0.5, 0.6) is 11.5 Å². The van der Waals surface area contributed by atoms with Crippen LogP contribution in [0.1, 0.15) is 190 Å². The molecule has 0 saturated carbocycles. The molecule has 0 fully saturated rings. The summed E-state index contributed by atoms with van der Waals surface area (Å²) in [6.45, 7) is 36.8. The molecule has 0 amide bonds. The molecule has 0 radical (unpaired) electrons. The molecule has 1 atom stereocenters. The quantitative estimate of drug-likeness (QED) is 0.114. The topological polar surface area (TPSA) is 43.7 Å². The molecule has 3 heteroatoms. The van der Waals surface area contributed by atoms with Crippen LogP contribution in [0.2, 0.25) is 0 Å². The molecule has 2 N–H and O–H groups in total. The highest BCUT2D eigenvalue weighted by Gasteiger charge is 2.29.